The van der Waals surface area contributed by atoms with Crippen LogP contribution in [0.15, 0.2) is 24.8 Å². The van der Waals surface area contributed by atoms with E-state index in [0.29, 0.717) is 36.7 Å². The van der Waals surface area contributed by atoms with Gasteiger partial charge in [-0.15, -0.1) is 0 Å². The molecule has 0 unspecified atom stereocenters. The van der Waals surface area contributed by atoms with Crippen LogP contribution >= 0.6 is 0 Å². The molecule has 0 saturated carbocycles. The fourth-order valence-electron chi connectivity index (χ4n) is 2.69. The monoisotopic (exact) mass is 311 g/mol. The Labute approximate surface area is 134 Å². The zero-order valence-corrected chi connectivity index (χ0v) is 12.9. The number of anilines is 1. The Morgan fingerprint density at radius 1 is 1.22 bits per heavy atom. The summed E-state index contributed by atoms with van der Waals surface area (Å²) in [5, 5.41) is 13.2. The van der Waals surface area contributed by atoms with E-state index in [4.69, 9.17) is 5.26 Å². The van der Waals surface area contributed by atoms with E-state index in [-0.39, 0.29) is 5.91 Å². The van der Waals surface area contributed by atoms with E-state index in [9.17, 15) is 4.79 Å². The second kappa shape index (κ2) is 6.44. The van der Waals surface area contributed by atoms with Crippen LogP contribution in [-0.2, 0) is 7.05 Å². The van der Waals surface area contributed by atoms with Gasteiger partial charge in [-0.2, -0.15) is 10.4 Å². The standard InChI is InChI=1S/C15H17N7O/c1-20-11-12(10-19-20)15(23)22-6-2-5-21(7-8-22)14-13(9-16)17-3-4-18-14/h3-4,10-11H,2,5-8H2,1H3. The number of aryl methyl sites for hydroxylation is 1. The van der Waals surface area contributed by atoms with Gasteiger partial charge in [0, 0.05) is 51.8 Å². The highest BCUT2D eigenvalue weighted by atomic mass is 16.2. The quantitative estimate of drug-likeness (QED) is 0.799. The Hall–Kier alpha value is -2.95. The molecule has 0 spiro atoms. The van der Waals surface area contributed by atoms with Crippen LogP contribution < -0.4 is 4.90 Å². The van der Waals surface area contributed by atoms with Gasteiger partial charge in [0.25, 0.3) is 5.91 Å². The van der Waals surface area contributed by atoms with Gasteiger partial charge in [0.15, 0.2) is 11.5 Å². The Balaban J connectivity index is 1.72. The molecule has 1 amide bonds. The third-order valence-electron chi connectivity index (χ3n) is 3.82. The molecule has 8 heteroatoms. The second-order valence-electron chi connectivity index (χ2n) is 5.38. The third kappa shape index (κ3) is 3.13. The number of nitrogens with zero attached hydrogens (tertiary/aromatic N) is 7. The molecule has 3 heterocycles. The molecule has 0 atom stereocenters. The minimum Gasteiger partial charge on any atom is -0.352 e. The molecular formula is C15H17N7O. The second-order valence-corrected chi connectivity index (χ2v) is 5.38. The molecule has 1 aliphatic rings. The summed E-state index contributed by atoms with van der Waals surface area (Å²) in [6.45, 7) is 2.62. The largest absolute Gasteiger partial charge is 0.352 e. The molecule has 8 nitrogen and oxygen atoms in total. The van der Waals surface area contributed by atoms with Crippen molar-refractivity contribution in [3.63, 3.8) is 0 Å². The van der Waals surface area contributed by atoms with Crippen LogP contribution in [0.1, 0.15) is 22.5 Å². The number of hydrogen-bond acceptors (Lipinski definition) is 6. The van der Waals surface area contributed by atoms with E-state index in [1.807, 2.05) is 9.80 Å². The van der Waals surface area contributed by atoms with E-state index in [2.05, 4.69) is 21.1 Å². The summed E-state index contributed by atoms with van der Waals surface area (Å²) in [4.78, 5) is 24.7. The Morgan fingerprint density at radius 3 is 2.78 bits per heavy atom. The van der Waals surface area contributed by atoms with Crippen LogP contribution in [0.4, 0.5) is 5.82 Å². The van der Waals surface area contributed by atoms with Crippen LogP contribution in [0.5, 0.6) is 0 Å². The first-order chi connectivity index (χ1) is 11.2. The molecule has 1 fully saturated rings. The van der Waals surface area contributed by atoms with Crippen molar-refractivity contribution in [2.45, 2.75) is 6.42 Å². The minimum absolute atomic E-state index is 0.0143. The van der Waals surface area contributed by atoms with Crippen molar-refractivity contribution < 1.29 is 4.79 Å². The highest BCUT2D eigenvalue weighted by Crippen LogP contribution is 2.17. The molecule has 2 aromatic rings. The Morgan fingerprint density at radius 2 is 2.04 bits per heavy atom. The van der Waals surface area contributed by atoms with Crippen LogP contribution in [-0.4, -0.2) is 56.7 Å². The number of carbonyl (C=O) groups excluding carboxylic acids is 1. The fourth-order valence-corrected chi connectivity index (χ4v) is 2.69. The van der Waals surface area contributed by atoms with Crippen molar-refractivity contribution in [1.82, 2.24) is 24.6 Å². The summed E-state index contributed by atoms with van der Waals surface area (Å²) in [5.41, 5.74) is 0.915. The van der Waals surface area contributed by atoms with Gasteiger partial charge in [-0.1, -0.05) is 0 Å². The molecule has 0 aromatic carbocycles. The molecule has 2 aromatic heterocycles. The molecule has 0 radical (unpaired) electrons. The normalized spacial score (nSPS) is 15.1. The first-order valence-electron chi connectivity index (χ1n) is 7.43. The van der Waals surface area contributed by atoms with Crippen molar-refractivity contribution in [3.8, 4) is 6.07 Å². The van der Waals surface area contributed by atoms with Gasteiger partial charge in [0.1, 0.15) is 6.07 Å². The van der Waals surface area contributed by atoms with E-state index in [1.54, 1.807) is 30.3 Å². The van der Waals surface area contributed by atoms with Gasteiger partial charge < -0.3 is 9.80 Å². The van der Waals surface area contributed by atoms with Crippen LogP contribution in [0.2, 0.25) is 0 Å². The molecule has 1 aliphatic heterocycles. The van der Waals surface area contributed by atoms with Crippen molar-refractivity contribution >= 4 is 11.7 Å². The predicted molar refractivity (Wildman–Crippen MR) is 82.7 cm³/mol. The number of hydrogen-bond donors (Lipinski definition) is 0. The highest BCUT2D eigenvalue weighted by Gasteiger charge is 2.23. The summed E-state index contributed by atoms with van der Waals surface area (Å²) >= 11 is 0. The van der Waals surface area contributed by atoms with Gasteiger partial charge in [-0.25, -0.2) is 9.97 Å². The average Bonchev–Trinajstić information content (AvgIpc) is 2.87. The van der Waals surface area contributed by atoms with Crippen molar-refractivity contribution in [2.75, 3.05) is 31.1 Å². The Bertz CT molecular complexity index is 748. The number of amides is 1. The van der Waals surface area contributed by atoms with Crippen molar-refractivity contribution in [3.05, 3.63) is 36.0 Å². The number of aromatic nitrogens is 4. The summed E-state index contributed by atoms with van der Waals surface area (Å²) < 4.78 is 1.62. The first kappa shape index (κ1) is 15.0. The molecule has 0 bridgehead atoms. The summed E-state index contributed by atoms with van der Waals surface area (Å²) in [6.07, 6.45) is 7.22. The van der Waals surface area contributed by atoms with Gasteiger partial charge in [-0.3, -0.25) is 9.48 Å². The number of nitriles is 1. The van der Waals surface area contributed by atoms with Crippen LogP contribution in [0.3, 0.4) is 0 Å². The van der Waals surface area contributed by atoms with Crippen LogP contribution in [0, 0.1) is 11.3 Å². The average molecular weight is 311 g/mol. The molecule has 0 aliphatic carbocycles. The predicted octanol–water partition coefficient (Wildman–Crippen LogP) is 0.434. The van der Waals surface area contributed by atoms with Gasteiger partial charge in [0.2, 0.25) is 0 Å². The SMILES string of the molecule is Cn1cc(C(=O)N2CCCN(c3nccnc3C#N)CC2)cn1. The van der Waals surface area contributed by atoms with Gasteiger partial charge in [-0.05, 0) is 6.42 Å². The highest BCUT2D eigenvalue weighted by molar-refractivity contribution is 5.93. The molecule has 118 valence electrons. The summed E-state index contributed by atoms with van der Waals surface area (Å²) in [5.74, 6) is 0.574. The summed E-state index contributed by atoms with van der Waals surface area (Å²) in [7, 11) is 1.79. The van der Waals surface area contributed by atoms with E-state index < -0.39 is 0 Å². The van der Waals surface area contributed by atoms with E-state index in [1.165, 1.54) is 6.20 Å². The maximum Gasteiger partial charge on any atom is 0.257 e. The lowest BCUT2D eigenvalue weighted by Crippen LogP contribution is -2.35. The fraction of sp³-hybridized carbons (Fsp3) is 0.400. The molecular weight excluding hydrogens is 294 g/mol. The van der Waals surface area contributed by atoms with Crippen molar-refractivity contribution in [1.29, 1.82) is 5.26 Å². The lowest BCUT2D eigenvalue weighted by Gasteiger charge is -2.22. The lowest BCUT2D eigenvalue weighted by atomic mass is 10.3. The number of rotatable bonds is 2. The molecule has 23 heavy (non-hydrogen) atoms. The smallest absolute Gasteiger partial charge is 0.257 e. The molecule has 3 rings (SSSR count). The zero-order chi connectivity index (χ0) is 16.2. The van der Waals surface area contributed by atoms with Crippen molar-refractivity contribution in [2.24, 2.45) is 7.05 Å². The topological polar surface area (TPSA) is 90.9 Å². The maximum atomic E-state index is 12.5. The first-order valence-corrected chi connectivity index (χ1v) is 7.43. The molecule has 0 N–H and O–H groups in total. The van der Waals surface area contributed by atoms with E-state index >= 15 is 0 Å². The van der Waals surface area contributed by atoms with Crippen LogP contribution in [0.25, 0.3) is 0 Å². The van der Waals surface area contributed by atoms with E-state index in [0.717, 1.165) is 13.0 Å². The molecule has 1 saturated heterocycles. The number of carbonyl (C=O) groups is 1. The lowest BCUT2D eigenvalue weighted by molar-refractivity contribution is 0.0767. The Kier molecular flexibility index (Phi) is 4.19. The summed E-state index contributed by atoms with van der Waals surface area (Å²) in [6, 6.07) is 2.07. The maximum absolute atomic E-state index is 12.5. The van der Waals surface area contributed by atoms with Gasteiger partial charge >= 0.3 is 0 Å². The third-order valence-corrected chi connectivity index (χ3v) is 3.82. The zero-order valence-electron chi connectivity index (χ0n) is 12.9. The van der Waals surface area contributed by atoms with Gasteiger partial charge in [0.05, 0.1) is 11.8 Å². The minimum atomic E-state index is -0.0143.